The van der Waals surface area contributed by atoms with Crippen LogP contribution in [0.5, 0.6) is 0 Å². The lowest BCUT2D eigenvalue weighted by molar-refractivity contribution is 0.0745. The van der Waals surface area contributed by atoms with Crippen molar-refractivity contribution < 1.29 is 4.79 Å². The second-order valence-corrected chi connectivity index (χ2v) is 8.10. The number of carbonyl (C=O) groups excluding carboxylic acids is 1. The zero-order valence-corrected chi connectivity index (χ0v) is 18.5. The van der Waals surface area contributed by atoms with E-state index in [4.69, 9.17) is 0 Å². The van der Waals surface area contributed by atoms with Crippen molar-refractivity contribution in [2.45, 2.75) is 27.7 Å². The SMILES string of the molecule is Cc1ccnc(Nc2cc(N3CCN(C(=O)c4cc(C)ccc4C)CC3)nc(C)n2)c1. The van der Waals surface area contributed by atoms with Gasteiger partial charge in [0.15, 0.2) is 0 Å². The second kappa shape index (κ2) is 8.71. The van der Waals surface area contributed by atoms with Gasteiger partial charge in [-0.2, -0.15) is 0 Å². The summed E-state index contributed by atoms with van der Waals surface area (Å²) < 4.78 is 0. The Morgan fingerprint density at radius 2 is 1.61 bits per heavy atom. The Bertz CT molecular complexity index is 1100. The van der Waals surface area contributed by atoms with Crippen LogP contribution in [-0.4, -0.2) is 51.9 Å². The number of anilines is 3. The molecule has 1 aromatic carbocycles. The summed E-state index contributed by atoms with van der Waals surface area (Å²) in [4.78, 5) is 30.6. The summed E-state index contributed by atoms with van der Waals surface area (Å²) in [6.07, 6.45) is 1.78. The highest BCUT2D eigenvalue weighted by Gasteiger charge is 2.24. The molecule has 160 valence electrons. The first-order valence-corrected chi connectivity index (χ1v) is 10.6. The number of aromatic nitrogens is 3. The van der Waals surface area contributed by atoms with Crippen molar-refractivity contribution in [2.24, 2.45) is 0 Å². The third-order valence-electron chi connectivity index (χ3n) is 5.51. The molecule has 1 fully saturated rings. The van der Waals surface area contributed by atoms with E-state index in [0.717, 1.165) is 52.8 Å². The summed E-state index contributed by atoms with van der Waals surface area (Å²) in [7, 11) is 0. The minimum absolute atomic E-state index is 0.104. The van der Waals surface area contributed by atoms with Crippen LogP contribution in [0.2, 0.25) is 0 Å². The third-order valence-corrected chi connectivity index (χ3v) is 5.51. The predicted octanol–water partition coefficient (Wildman–Crippen LogP) is 3.81. The van der Waals surface area contributed by atoms with E-state index >= 15 is 0 Å². The highest BCUT2D eigenvalue weighted by Crippen LogP contribution is 2.22. The Morgan fingerprint density at radius 1 is 0.871 bits per heavy atom. The van der Waals surface area contributed by atoms with E-state index in [2.05, 4.69) is 25.2 Å². The molecule has 2 aromatic heterocycles. The van der Waals surface area contributed by atoms with Crippen molar-refractivity contribution in [3.63, 3.8) is 0 Å². The molecule has 0 bridgehead atoms. The Morgan fingerprint density at radius 3 is 2.35 bits per heavy atom. The molecule has 0 atom stereocenters. The molecule has 1 aliphatic heterocycles. The first-order valence-electron chi connectivity index (χ1n) is 10.6. The van der Waals surface area contributed by atoms with E-state index in [9.17, 15) is 4.79 Å². The summed E-state index contributed by atoms with van der Waals surface area (Å²) in [5, 5.41) is 3.27. The lowest BCUT2D eigenvalue weighted by Gasteiger charge is -2.35. The van der Waals surface area contributed by atoms with Crippen LogP contribution in [-0.2, 0) is 0 Å². The molecule has 7 nitrogen and oxygen atoms in total. The van der Waals surface area contributed by atoms with Gasteiger partial charge in [-0.15, -0.1) is 0 Å². The maximum atomic E-state index is 13.0. The number of piperazine rings is 1. The first kappa shape index (κ1) is 20.8. The first-order chi connectivity index (χ1) is 14.9. The lowest BCUT2D eigenvalue weighted by atomic mass is 10.0. The van der Waals surface area contributed by atoms with Gasteiger partial charge in [-0.3, -0.25) is 4.79 Å². The van der Waals surface area contributed by atoms with Gasteiger partial charge in [-0.05, 0) is 57.0 Å². The molecule has 3 heterocycles. The van der Waals surface area contributed by atoms with Crippen LogP contribution in [0.4, 0.5) is 17.5 Å². The lowest BCUT2D eigenvalue weighted by Crippen LogP contribution is -2.49. The number of nitrogens with zero attached hydrogens (tertiary/aromatic N) is 5. The molecular formula is C24H28N6O. The Hall–Kier alpha value is -3.48. The fourth-order valence-electron chi connectivity index (χ4n) is 3.79. The van der Waals surface area contributed by atoms with E-state index in [1.807, 2.05) is 69.0 Å². The summed E-state index contributed by atoms with van der Waals surface area (Å²) in [6, 6.07) is 11.9. The van der Waals surface area contributed by atoms with Gasteiger partial charge in [0, 0.05) is 44.0 Å². The molecule has 1 saturated heterocycles. The number of carbonyl (C=O) groups is 1. The Labute approximate surface area is 183 Å². The molecular weight excluding hydrogens is 388 g/mol. The molecule has 0 spiro atoms. The summed E-state index contributed by atoms with van der Waals surface area (Å²) in [5.74, 6) is 3.14. The number of benzene rings is 1. The molecule has 31 heavy (non-hydrogen) atoms. The standard InChI is InChI=1S/C24H28N6O/c1-16-5-6-18(3)20(13-16)24(31)30-11-9-29(10-12-30)23-15-22(26-19(4)27-23)28-21-14-17(2)7-8-25-21/h5-8,13-15H,9-12H2,1-4H3,(H,25,26,27,28). The van der Waals surface area contributed by atoms with Gasteiger partial charge in [0.1, 0.15) is 23.3 Å². The van der Waals surface area contributed by atoms with Crippen LogP contribution in [0.25, 0.3) is 0 Å². The van der Waals surface area contributed by atoms with Crippen LogP contribution in [0.15, 0.2) is 42.6 Å². The molecule has 0 radical (unpaired) electrons. The molecule has 1 amide bonds. The summed E-state index contributed by atoms with van der Waals surface area (Å²) in [6.45, 7) is 10.7. The zero-order valence-electron chi connectivity index (χ0n) is 18.5. The van der Waals surface area contributed by atoms with Gasteiger partial charge in [-0.1, -0.05) is 17.7 Å². The second-order valence-electron chi connectivity index (χ2n) is 8.10. The van der Waals surface area contributed by atoms with Gasteiger partial charge < -0.3 is 15.1 Å². The van der Waals surface area contributed by atoms with Gasteiger partial charge in [-0.25, -0.2) is 15.0 Å². The molecule has 4 rings (SSSR count). The van der Waals surface area contributed by atoms with Crippen molar-refractivity contribution >= 4 is 23.4 Å². The topological polar surface area (TPSA) is 74.2 Å². The average molecular weight is 417 g/mol. The normalized spacial score (nSPS) is 13.9. The average Bonchev–Trinajstić information content (AvgIpc) is 2.75. The van der Waals surface area contributed by atoms with Crippen molar-refractivity contribution in [1.82, 2.24) is 19.9 Å². The van der Waals surface area contributed by atoms with E-state index in [0.29, 0.717) is 18.9 Å². The summed E-state index contributed by atoms with van der Waals surface area (Å²) >= 11 is 0. The van der Waals surface area contributed by atoms with E-state index in [1.54, 1.807) is 6.20 Å². The van der Waals surface area contributed by atoms with Crippen LogP contribution < -0.4 is 10.2 Å². The number of hydrogen-bond acceptors (Lipinski definition) is 6. The number of hydrogen-bond donors (Lipinski definition) is 1. The molecule has 3 aromatic rings. The fraction of sp³-hybridized carbons (Fsp3) is 0.333. The Kier molecular flexibility index (Phi) is 5.84. The largest absolute Gasteiger partial charge is 0.353 e. The third kappa shape index (κ3) is 4.82. The zero-order chi connectivity index (χ0) is 22.0. The molecule has 0 aliphatic carbocycles. The number of rotatable bonds is 4. The van der Waals surface area contributed by atoms with Gasteiger partial charge in [0.25, 0.3) is 5.91 Å². The molecule has 0 saturated carbocycles. The van der Waals surface area contributed by atoms with Crippen molar-refractivity contribution in [2.75, 3.05) is 36.4 Å². The minimum Gasteiger partial charge on any atom is -0.353 e. The van der Waals surface area contributed by atoms with Gasteiger partial charge in [0.2, 0.25) is 0 Å². The van der Waals surface area contributed by atoms with E-state index < -0.39 is 0 Å². The van der Waals surface area contributed by atoms with E-state index in [1.165, 1.54) is 0 Å². The van der Waals surface area contributed by atoms with Crippen LogP contribution >= 0.6 is 0 Å². The summed E-state index contributed by atoms with van der Waals surface area (Å²) in [5.41, 5.74) is 4.05. The van der Waals surface area contributed by atoms with Crippen molar-refractivity contribution in [3.05, 3.63) is 70.7 Å². The number of amides is 1. The van der Waals surface area contributed by atoms with Crippen molar-refractivity contribution in [1.29, 1.82) is 0 Å². The number of nitrogens with one attached hydrogen (secondary N) is 1. The highest BCUT2D eigenvalue weighted by molar-refractivity contribution is 5.96. The Balaban J connectivity index is 1.45. The van der Waals surface area contributed by atoms with Crippen LogP contribution in [0, 0.1) is 27.7 Å². The molecule has 0 unspecified atom stereocenters. The predicted molar refractivity (Wildman–Crippen MR) is 123 cm³/mol. The van der Waals surface area contributed by atoms with Crippen molar-refractivity contribution in [3.8, 4) is 0 Å². The van der Waals surface area contributed by atoms with Crippen LogP contribution in [0.3, 0.4) is 0 Å². The fourth-order valence-corrected chi connectivity index (χ4v) is 3.79. The molecule has 1 aliphatic rings. The maximum Gasteiger partial charge on any atom is 0.254 e. The van der Waals surface area contributed by atoms with Gasteiger partial charge >= 0.3 is 0 Å². The number of aryl methyl sites for hydroxylation is 4. The molecule has 7 heteroatoms. The maximum absolute atomic E-state index is 13.0. The van der Waals surface area contributed by atoms with Gasteiger partial charge in [0.05, 0.1) is 0 Å². The quantitative estimate of drug-likeness (QED) is 0.697. The smallest absolute Gasteiger partial charge is 0.254 e. The highest BCUT2D eigenvalue weighted by atomic mass is 16.2. The van der Waals surface area contributed by atoms with Crippen LogP contribution in [0.1, 0.15) is 32.9 Å². The minimum atomic E-state index is 0.104. The van der Waals surface area contributed by atoms with E-state index in [-0.39, 0.29) is 5.91 Å². The number of pyridine rings is 1. The monoisotopic (exact) mass is 416 g/mol. The molecule has 1 N–H and O–H groups in total.